The maximum absolute atomic E-state index is 13.4. The molecule has 0 saturated carbocycles. The third kappa shape index (κ3) is 4.19. The van der Waals surface area contributed by atoms with Gasteiger partial charge in [0.2, 0.25) is 0 Å². The summed E-state index contributed by atoms with van der Waals surface area (Å²) in [4.78, 5) is 21.1. The smallest absolute Gasteiger partial charge is 0.256 e. The molecule has 5 rings (SSSR count). The lowest BCUT2D eigenvalue weighted by molar-refractivity contribution is 0.0551. The van der Waals surface area contributed by atoms with E-state index in [9.17, 15) is 4.79 Å². The van der Waals surface area contributed by atoms with Crippen molar-refractivity contribution in [3.63, 3.8) is 0 Å². The van der Waals surface area contributed by atoms with Gasteiger partial charge in [0.05, 0.1) is 30.3 Å². The Balaban J connectivity index is 1.30. The topological polar surface area (TPSA) is 73.1 Å². The quantitative estimate of drug-likeness (QED) is 0.481. The highest BCUT2D eigenvalue weighted by atomic mass is 16.5. The van der Waals surface area contributed by atoms with Crippen LogP contribution in [0.5, 0.6) is 5.75 Å². The molecule has 2 aromatic heterocycles. The van der Waals surface area contributed by atoms with Gasteiger partial charge in [-0.2, -0.15) is 15.0 Å². The van der Waals surface area contributed by atoms with Crippen molar-refractivity contribution in [2.45, 2.75) is 13.3 Å². The van der Waals surface area contributed by atoms with E-state index in [1.807, 2.05) is 59.6 Å². The number of amides is 1. The number of likely N-dealkylation sites (tertiary alicyclic amines) is 1. The molecule has 7 nitrogen and oxygen atoms in total. The zero-order valence-corrected chi connectivity index (χ0v) is 18.0. The van der Waals surface area contributed by atoms with Crippen LogP contribution in [0.3, 0.4) is 0 Å². The van der Waals surface area contributed by atoms with Crippen LogP contribution >= 0.6 is 0 Å². The molecule has 0 bridgehead atoms. The summed E-state index contributed by atoms with van der Waals surface area (Å²) >= 11 is 0. The van der Waals surface area contributed by atoms with Gasteiger partial charge in [-0.1, -0.05) is 25.1 Å². The van der Waals surface area contributed by atoms with Gasteiger partial charge >= 0.3 is 0 Å². The van der Waals surface area contributed by atoms with Gasteiger partial charge < -0.3 is 9.64 Å². The van der Waals surface area contributed by atoms with Gasteiger partial charge in [0.1, 0.15) is 5.75 Å². The molecule has 3 heterocycles. The normalized spacial score (nSPS) is 18.6. The van der Waals surface area contributed by atoms with E-state index in [1.165, 1.54) is 4.80 Å². The number of hydrogen-bond donors (Lipinski definition) is 0. The Hall–Kier alpha value is -3.74. The molecule has 1 aliphatic rings. The fourth-order valence-electron chi connectivity index (χ4n) is 4.47. The Morgan fingerprint density at radius 2 is 1.88 bits per heavy atom. The van der Waals surface area contributed by atoms with Crippen LogP contribution in [0.1, 0.15) is 23.7 Å². The SMILES string of the molecule is CC1C[C@@H](COc2ccc3ccncc3c2)CN(C(=O)c2ccccc2-n2nccn2)C1. The van der Waals surface area contributed by atoms with Gasteiger partial charge in [0, 0.05) is 36.8 Å². The number of carbonyl (C=O) groups excluding carboxylic acids is 1. The zero-order valence-electron chi connectivity index (χ0n) is 18.0. The first-order valence-corrected chi connectivity index (χ1v) is 10.9. The molecular formula is C25H25N5O2. The summed E-state index contributed by atoms with van der Waals surface area (Å²) in [7, 11) is 0. The van der Waals surface area contributed by atoms with E-state index in [0.29, 0.717) is 30.3 Å². The lowest BCUT2D eigenvalue weighted by Gasteiger charge is -2.36. The Labute approximate surface area is 186 Å². The van der Waals surface area contributed by atoms with E-state index in [0.717, 1.165) is 29.5 Å². The minimum absolute atomic E-state index is 0.00577. The minimum atomic E-state index is 0.00577. The first-order valence-electron chi connectivity index (χ1n) is 10.9. The van der Waals surface area contributed by atoms with Crippen LogP contribution in [0.4, 0.5) is 0 Å². The molecule has 2 aromatic carbocycles. The highest BCUT2D eigenvalue weighted by Gasteiger charge is 2.30. The summed E-state index contributed by atoms with van der Waals surface area (Å²) in [5, 5.41) is 10.6. The van der Waals surface area contributed by atoms with E-state index in [2.05, 4.69) is 22.1 Å². The first kappa shape index (κ1) is 20.2. The molecule has 162 valence electrons. The van der Waals surface area contributed by atoms with Crippen molar-refractivity contribution in [2.24, 2.45) is 11.8 Å². The van der Waals surface area contributed by atoms with E-state index in [4.69, 9.17) is 4.74 Å². The van der Waals surface area contributed by atoms with Gasteiger partial charge in [-0.3, -0.25) is 9.78 Å². The Bertz CT molecular complexity index is 1220. The van der Waals surface area contributed by atoms with Crippen molar-refractivity contribution in [1.29, 1.82) is 0 Å². The molecule has 0 radical (unpaired) electrons. The monoisotopic (exact) mass is 427 g/mol. The number of benzene rings is 2. The van der Waals surface area contributed by atoms with Crippen LogP contribution in [0.15, 0.2) is 73.3 Å². The number of hydrogen-bond acceptors (Lipinski definition) is 5. The molecule has 1 aliphatic heterocycles. The van der Waals surface area contributed by atoms with Crippen LogP contribution in [-0.4, -0.2) is 50.5 Å². The molecule has 1 fully saturated rings. The van der Waals surface area contributed by atoms with Crippen molar-refractivity contribution in [1.82, 2.24) is 24.9 Å². The van der Waals surface area contributed by atoms with Crippen molar-refractivity contribution in [2.75, 3.05) is 19.7 Å². The second-order valence-corrected chi connectivity index (χ2v) is 8.45. The number of piperidine rings is 1. The van der Waals surface area contributed by atoms with Crippen LogP contribution in [0.2, 0.25) is 0 Å². The fourth-order valence-corrected chi connectivity index (χ4v) is 4.47. The van der Waals surface area contributed by atoms with Gasteiger partial charge in [0.25, 0.3) is 5.91 Å². The molecule has 2 atom stereocenters. The molecular weight excluding hydrogens is 402 g/mol. The number of ether oxygens (including phenoxy) is 1. The number of rotatable bonds is 5. The van der Waals surface area contributed by atoms with Gasteiger partial charge in [-0.15, -0.1) is 0 Å². The summed E-state index contributed by atoms with van der Waals surface area (Å²) in [6, 6.07) is 15.5. The number of nitrogens with zero attached hydrogens (tertiary/aromatic N) is 5. The number of fused-ring (bicyclic) bond motifs is 1. The van der Waals surface area contributed by atoms with Crippen LogP contribution in [0, 0.1) is 11.8 Å². The van der Waals surface area contributed by atoms with Crippen molar-refractivity contribution >= 4 is 16.7 Å². The molecule has 0 N–H and O–H groups in total. The fraction of sp³-hybridized carbons (Fsp3) is 0.280. The Morgan fingerprint density at radius 3 is 2.75 bits per heavy atom. The number of para-hydroxylation sites is 1. The number of aromatic nitrogens is 4. The first-order chi connectivity index (χ1) is 15.7. The minimum Gasteiger partial charge on any atom is -0.493 e. The summed E-state index contributed by atoms with van der Waals surface area (Å²) in [5.74, 6) is 1.50. The van der Waals surface area contributed by atoms with E-state index >= 15 is 0 Å². The lowest BCUT2D eigenvalue weighted by Crippen LogP contribution is -2.45. The second kappa shape index (κ2) is 8.78. The predicted octanol–water partition coefficient (Wildman–Crippen LogP) is 3.99. The van der Waals surface area contributed by atoms with Crippen LogP contribution in [0.25, 0.3) is 16.5 Å². The highest BCUT2D eigenvalue weighted by Crippen LogP contribution is 2.26. The summed E-state index contributed by atoms with van der Waals surface area (Å²) in [6.07, 6.45) is 7.89. The van der Waals surface area contributed by atoms with Gasteiger partial charge in [0.15, 0.2) is 0 Å². The van der Waals surface area contributed by atoms with E-state index in [-0.39, 0.29) is 11.8 Å². The van der Waals surface area contributed by atoms with Gasteiger partial charge in [-0.25, -0.2) is 0 Å². The summed E-state index contributed by atoms with van der Waals surface area (Å²) in [6.45, 7) is 4.16. The zero-order chi connectivity index (χ0) is 21.9. The van der Waals surface area contributed by atoms with Crippen molar-refractivity contribution in [3.8, 4) is 11.4 Å². The van der Waals surface area contributed by atoms with E-state index in [1.54, 1.807) is 18.6 Å². The molecule has 4 aromatic rings. The van der Waals surface area contributed by atoms with Crippen molar-refractivity contribution < 1.29 is 9.53 Å². The third-order valence-corrected chi connectivity index (χ3v) is 5.90. The van der Waals surface area contributed by atoms with Gasteiger partial charge in [-0.05, 0) is 48.1 Å². The molecule has 1 saturated heterocycles. The lowest BCUT2D eigenvalue weighted by atomic mass is 9.90. The summed E-state index contributed by atoms with van der Waals surface area (Å²) in [5.41, 5.74) is 1.30. The van der Waals surface area contributed by atoms with E-state index < -0.39 is 0 Å². The Morgan fingerprint density at radius 1 is 1.03 bits per heavy atom. The molecule has 0 spiro atoms. The maximum Gasteiger partial charge on any atom is 0.256 e. The highest BCUT2D eigenvalue weighted by molar-refractivity contribution is 5.97. The summed E-state index contributed by atoms with van der Waals surface area (Å²) < 4.78 is 6.13. The molecule has 0 aliphatic carbocycles. The predicted molar refractivity (Wildman–Crippen MR) is 122 cm³/mol. The van der Waals surface area contributed by atoms with Crippen LogP contribution in [-0.2, 0) is 0 Å². The average molecular weight is 428 g/mol. The molecule has 1 unspecified atom stereocenters. The number of pyridine rings is 1. The number of carbonyl (C=O) groups is 1. The molecule has 7 heteroatoms. The average Bonchev–Trinajstić information content (AvgIpc) is 3.37. The largest absolute Gasteiger partial charge is 0.493 e. The molecule has 1 amide bonds. The van der Waals surface area contributed by atoms with Crippen molar-refractivity contribution in [3.05, 3.63) is 78.9 Å². The Kier molecular flexibility index (Phi) is 5.54. The second-order valence-electron chi connectivity index (χ2n) is 8.45. The molecule has 32 heavy (non-hydrogen) atoms. The standard InChI is InChI=1S/C25H25N5O2/c1-18-12-19(17-32-22-7-6-20-8-9-26-14-21(20)13-22)16-29(15-18)25(31)23-4-2-3-5-24(23)30-27-10-11-28-30/h2-11,13-14,18-19H,12,15-17H2,1H3/t18?,19-/m1/s1. The maximum atomic E-state index is 13.4. The third-order valence-electron chi connectivity index (χ3n) is 5.90. The van der Waals surface area contributed by atoms with Crippen LogP contribution < -0.4 is 4.74 Å².